The van der Waals surface area contributed by atoms with Crippen LogP contribution in [-0.4, -0.2) is 46.0 Å². The number of ether oxygens (including phenoxy) is 1. The summed E-state index contributed by atoms with van der Waals surface area (Å²) in [5.41, 5.74) is 2.10. The summed E-state index contributed by atoms with van der Waals surface area (Å²) in [4.78, 5) is 14.9. The zero-order chi connectivity index (χ0) is 19.9. The molecule has 0 fully saturated rings. The van der Waals surface area contributed by atoms with Crippen LogP contribution in [0.2, 0.25) is 0 Å². The first-order valence-corrected chi connectivity index (χ1v) is 10.3. The van der Waals surface area contributed by atoms with Crippen molar-refractivity contribution >= 4 is 15.9 Å². The average molecular weight is 391 g/mol. The molecule has 0 saturated carbocycles. The van der Waals surface area contributed by atoms with Gasteiger partial charge in [0, 0.05) is 32.3 Å². The van der Waals surface area contributed by atoms with Gasteiger partial charge in [-0.2, -0.15) is 0 Å². The van der Waals surface area contributed by atoms with Crippen molar-refractivity contribution in [1.29, 1.82) is 0 Å². The Kier molecular flexibility index (Phi) is 7.53. The molecule has 2 aromatic carbocycles. The second-order valence-electron chi connectivity index (χ2n) is 6.18. The summed E-state index contributed by atoms with van der Waals surface area (Å²) < 4.78 is 32.2. The van der Waals surface area contributed by atoms with Gasteiger partial charge in [-0.05, 0) is 30.2 Å². The van der Waals surface area contributed by atoms with Crippen LogP contribution in [0.4, 0.5) is 0 Å². The fourth-order valence-corrected chi connectivity index (χ4v) is 3.77. The highest BCUT2D eigenvalue weighted by molar-refractivity contribution is 7.89. The molecule has 0 aliphatic rings. The van der Waals surface area contributed by atoms with Gasteiger partial charge in [0.25, 0.3) is 5.91 Å². The second kappa shape index (κ2) is 9.64. The second-order valence-corrected chi connectivity index (χ2v) is 7.95. The highest BCUT2D eigenvalue weighted by Crippen LogP contribution is 2.19. The standard InChI is InChI=1S/C20H26N2O4S/c1-4-21-27(24,25)18-11-10-16(2)19(14-18)20(23)22(12-13-26-3)15-17-8-6-5-7-9-17/h5-11,14,21H,4,12-13,15H2,1-3H3. The lowest BCUT2D eigenvalue weighted by atomic mass is 10.1. The molecule has 2 aromatic rings. The summed E-state index contributed by atoms with van der Waals surface area (Å²) in [6.07, 6.45) is 0. The number of methoxy groups -OCH3 is 1. The fraction of sp³-hybridized carbons (Fsp3) is 0.350. The molecule has 0 aliphatic heterocycles. The predicted molar refractivity (Wildman–Crippen MR) is 105 cm³/mol. The third-order valence-electron chi connectivity index (χ3n) is 4.15. The van der Waals surface area contributed by atoms with Gasteiger partial charge in [0.2, 0.25) is 10.0 Å². The molecule has 0 unspecified atom stereocenters. The molecule has 6 nitrogen and oxygen atoms in total. The molecule has 7 heteroatoms. The zero-order valence-corrected chi connectivity index (χ0v) is 16.8. The first-order valence-electron chi connectivity index (χ1n) is 8.81. The summed E-state index contributed by atoms with van der Waals surface area (Å²) in [6.45, 7) is 5.03. The molecule has 0 atom stereocenters. The van der Waals surface area contributed by atoms with Crippen LogP contribution in [0.5, 0.6) is 0 Å². The van der Waals surface area contributed by atoms with Crippen LogP contribution in [0.3, 0.4) is 0 Å². The van der Waals surface area contributed by atoms with E-state index in [9.17, 15) is 13.2 Å². The van der Waals surface area contributed by atoms with Crippen molar-refractivity contribution in [1.82, 2.24) is 9.62 Å². The van der Waals surface area contributed by atoms with E-state index in [0.29, 0.717) is 25.3 Å². The van der Waals surface area contributed by atoms with E-state index in [4.69, 9.17) is 4.74 Å². The summed E-state index contributed by atoms with van der Waals surface area (Å²) in [6, 6.07) is 14.3. The molecule has 0 spiro atoms. The van der Waals surface area contributed by atoms with E-state index < -0.39 is 10.0 Å². The molecule has 0 aliphatic carbocycles. The van der Waals surface area contributed by atoms with Crippen LogP contribution in [-0.2, 0) is 21.3 Å². The van der Waals surface area contributed by atoms with Crippen molar-refractivity contribution in [2.75, 3.05) is 26.8 Å². The number of hydrogen-bond donors (Lipinski definition) is 1. The number of sulfonamides is 1. The topological polar surface area (TPSA) is 75.7 Å². The SMILES string of the molecule is CCNS(=O)(=O)c1ccc(C)c(C(=O)N(CCOC)Cc2ccccc2)c1. The van der Waals surface area contributed by atoms with Gasteiger partial charge in [-0.3, -0.25) is 4.79 Å². The van der Waals surface area contributed by atoms with Crippen LogP contribution >= 0.6 is 0 Å². The molecule has 0 aromatic heterocycles. The Morgan fingerprint density at radius 1 is 1.15 bits per heavy atom. The monoisotopic (exact) mass is 390 g/mol. The highest BCUT2D eigenvalue weighted by atomic mass is 32.2. The summed E-state index contributed by atoms with van der Waals surface area (Å²) in [5, 5.41) is 0. The Balaban J connectivity index is 2.36. The summed E-state index contributed by atoms with van der Waals surface area (Å²) >= 11 is 0. The average Bonchev–Trinajstić information content (AvgIpc) is 2.65. The molecule has 2 rings (SSSR count). The lowest BCUT2D eigenvalue weighted by molar-refractivity contribution is 0.0679. The number of benzene rings is 2. The van der Waals surface area contributed by atoms with Gasteiger partial charge in [0.1, 0.15) is 0 Å². The van der Waals surface area contributed by atoms with Crippen molar-refractivity contribution in [3.63, 3.8) is 0 Å². The Bertz CT molecular complexity index is 867. The van der Waals surface area contributed by atoms with E-state index in [2.05, 4.69) is 4.72 Å². The zero-order valence-electron chi connectivity index (χ0n) is 15.9. The maximum atomic E-state index is 13.2. The number of amides is 1. The molecule has 146 valence electrons. The van der Waals surface area contributed by atoms with Crippen molar-refractivity contribution in [2.24, 2.45) is 0 Å². The first-order chi connectivity index (χ1) is 12.9. The van der Waals surface area contributed by atoms with Crippen molar-refractivity contribution in [3.8, 4) is 0 Å². The highest BCUT2D eigenvalue weighted by Gasteiger charge is 2.21. The van der Waals surface area contributed by atoms with E-state index in [-0.39, 0.29) is 17.3 Å². The first kappa shape index (κ1) is 21.1. The number of nitrogens with one attached hydrogen (secondary N) is 1. The van der Waals surface area contributed by atoms with E-state index in [0.717, 1.165) is 11.1 Å². The summed E-state index contributed by atoms with van der Waals surface area (Å²) in [5.74, 6) is -0.220. The maximum absolute atomic E-state index is 13.2. The number of hydrogen-bond acceptors (Lipinski definition) is 4. The smallest absolute Gasteiger partial charge is 0.254 e. The molecule has 0 bridgehead atoms. The Morgan fingerprint density at radius 2 is 1.85 bits per heavy atom. The van der Waals surface area contributed by atoms with Crippen LogP contribution in [0.1, 0.15) is 28.4 Å². The van der Waals surface area contributed by atoms with Crippen LogP contribution < -0.4 is 4.72 Å². The van der Waals surface area contributed by atoms with Crippen molar-refractivity contribution in [3.05, 3.63) is 65.2 Å². The third kappa shape index (κ3) is 5.63. The normalized spacial score (nSPS) is 11.4. The molecular weight excluding hydrogens is 364 g/mol. The predicted octanol–water partition coefficient (Wildman–Crippen LogP) is 2.58. The number of carbonyl (C=O) groups excluding carboxylic acids is 1. The molecule has 1 N–H and O–H groups in total. The number of rotatable bonds is 9. The minimum atomic E-state index is -3.63. The fourth-order valence-electron chi connectivity index (χ4n) is 2.70. The summed E-state index contributed by atoms with van der Waals surface area (Å²) in [7, 11) is -2.05. The molecule has 27 heavy (non-hydrogen) atoms. The molecule has 0 saturated heterocycles. The van der Waals surface area contributed by atoms with Gasteiger partial charge in [-0.1, -0.05) is 43.3 Å². The Morgan fingerprint density at radius 3 is 2.48 bits per heavy atom. The number of aryl methyl sites for hydroxylation is 1. The lowest BCUT2D eigenvalue weighted by Crippen LogP contribution is -2.34. The largest absolute Gasteiger partial charge is 0.383 e. The van der Waals surface area contributed by atoms with E-state index in [1.54, 1.807) is 31.9 Å². The molecular formula is C20H26N2O4S. The van der Waals surface area contributed by atoms with Gasteiger partial charge in [-0.15, -0.1) is 0 Å². The van der Waals surface area contributed by atoms with Gasteiger partial charge in [0.15, 0.2) is 0 Å². The van der Waals surface area contributed by atoms with E-state index in [1.807, 2.05) is 30.3 Å². The van der Waals surface area contributed by atoms with E-state index >= 15 is 0 Å². The van der Waals surface area contributed by atoms with E-state index in [1.165, 1.54) is 12.1 Å². The van der Waals surface area contributed by atoms with Crippen LogP contribution in [0, 0.1) is 6.92 Å². The number of nitrogens with zero attached hydrogens (tertiary/aromatic N) is 1. The lowest BCUT2D eigenvalue weighted by Gasteiger charge is -2.24. The molecule has 0 radical (unpaired) electrons. The van der Waals surface area contributed by atoms with Crippen molar-refractivity contribution in [2.45, 2.75) is 25.3 Å². The Labute approximate surface area is 161 Å². The van der Waals surface area contributed by atoms with Crippen LogP contribution in [0.25, 0.3) is 0 Å². The Hall–Kier alpha value is -2.22. The molecule has 1 amide bonds. The quantitative estimate of drug-likeness (QED) is 0.714. The van der Waals surface area contributed by atoms with Gasteiger partial charge < -0.3 is 9.64 Å². The minimum absolute atomic E-state index is 0.0877. The van der Waals surface area contributed by atoms with Crippen LogP contribution in [0.15, 0.2) is 53.4 Å². The number of carbonyl (C=O) groups is 1. The van der Waals surface area contributed by atoms with Crippen molar-refractivity contribution < 1.29 is 17.9 Å². The van der Waals surface area contributed by atoms with Gasteiger partial charge >= 0.3 is 0 Å². The van der Waals surface area contributed by atoms with Gasteiger partial charge in [-0.25, -0.2) is 13.1 Å². The maximum Gasteiger partial charge on any atom is 0.254 e. The molecule has 0 heterocycles. The third-order valence-corrected chi connectivity index (χ3v) is 5.70. The minimum Gasteiger partial charge on any atom is -0.383 e. The van der Waals surface area contributed by atoms with Gasteiger partial charge in [0.05, 0.1) is 11.5 Å².